The van der Waals surface area contributed by atoms with Crippen molar-refractivity contribution >= 4 is 5.69 Å². The van der Waals surface area contributed by atoms with E-state index in [1.54, 1.807) is 7.11 Å². The molecule has 130 valence electrons. The summed E-state index contributed by atoms with van der Waals surface area (Å²) in [5.41, 5.74) is 5.46. The van der Waals surface area contributed by atoms with Gasteiger partial charge in [-0.1, -0.05) is 32.0 Å². The van der Waals surface area contributed by atoms with Crippen LogP contribution in [-0.2, 0) is 0 Å². The van der Waals surface area contributed by atoms with Gasteiger partial charge in [-0.2, -0.15) is 4.98 Å². The quantitative estimate of drug-likeness (QED) is 0.738. The van der Waals surface area contributed by atoms with Gasteiger partial charge in [0.15, 0.2) is 5.82 Å². The molecule has 2 rings (SSSR count). The van der Waals surface area contributed by atoms with Gasteiger partial charge in [0.1, 0.15) is 5.69 Å². The molecule has 0 aliphatic carbocycles. The number of nitrogens with zero attached hydrogens (tertiary/aromatic N) is 3. The van der Waals surface area contributed by atoms with Gasteiger partial charge < -0.3 is 9.64 Å². The molecule has 1 aromatic heterocycles. The minimum Gasteiger partial charge on any atom is -0.479 e. The van der Waals surface area contributed by atoms with Crippen LogP contribution in [0.4, 0.5) is 5.69 Å². The smallest absolute Gasteiger partial charge is 0.241 e. The molecule has 0 unspecified atom stereocenters. The van der Waals surface area contributed by atoms with E-state index in [2.05, 4.69) is 57.7 Å². The largest absolute Gasteiger partial charge is 0.479 e. The zero-order valence-corrected chi connectivity index (χ0v) is 15.8. The molecule has 4 nitrogen and oxygen atoms in total. The predicted octanol–water partition coefficient (Wildman–Crippen LogP) is 4.70. The van der Waals surface area contributed by atoms with Gasteiger partial charge in [0.2, 0.25) is 5.88 Å². The summed E-state index contributed by atoms with van der Waals surface area (Å²) in [5.74, 6) is 1.42. The van der Waals surface area contributed by atoms with Crippen molar-refractivity contribution in [3.05, 3.63) is 35.0 Å². The minimum absolute atomic E-state index is 0.669. The van der Waals surface area contributed by atoms with Crippen molar-refractivity contribution in [2.45, 2.75) is 47.5 Å². The number of anilines is 1. The number of benzene rings is 1. The SMILES string of the molecule is CCCN(CCC)c1c(C)nc(-c2c(C)cccc2C)nc1OC. The number of hydrogen-bond acceptors (Lipinski definition) is 4. The minimum atomic E-state index is 0.669. The Balaban J connectivity index is 2.58. The maximum absolute atomic E-state index is 5.65. The normalized spacial score (nSPS) is 10.8. The molecule has 0 radical (unpaired) electrons. The molecule has 4 heteroatoms. The molecule has 0 saturated heterocycles. The first kappa shape index (κ1) is 18.2. The summed E-state index contributed by atoms with van der Waals surface area (Å²) < 4.78 is 5.65. The van der Waals surface area contributed by atoms with Gasteiger partial charge in [0, 0.05) is 18.7 Å². The van der Waals surface area contributed by atoms with Gasteiger partial charge in [0.25, 0.3) is 0 Å². The second-order valence-corrected chi connectivity index (χ2v) is 6.24. The molecule has 0 amide bonds. The highest BCUT2D eigenvalue weighted by molar-refractivity contribution is 5.68. The molecule has 0 aliphatic rings. The van der Waals surface area contributed by atoms with Crippen molar-refractivity contribution in [3.8, 4) is 17.3 Å². The number of aryl methyl sites for hydroxylation is 3. The molecule has 0 aliphatic heterocycles. The Labute approximate surface area is 145 Å². The number of hydrogen-bond donors (Lipinski definition) is 0. The average Bonchev–Trinajstić information content (AvgIpc) is 2.54. The summed E-state index contributed by atoms with van der Waals surface area (Å²) in [6.45, 7) is 12.6. The van der Waals surface area contributed by atoms with Gasteiger partial charge in [-0.3, -0.25) is 0 Å². The first-order valence-electron chi connectivity index (χ1n) is 8.77. The molecule has 0 atom stereocenters. The molecule has 1 aromatic carbocycles. The van der Waals surface area contributed by atoms with Crippen LogP contribution in [0.25, 0.3) is 11.4 Å². The van der Waals surface area contributed by atoms with E-state index in [9.17, 15) is 0 Å². The van der Waals surface area contributed by atoms with Gasteiger partial charge in [-0.15, -0.1) is 0 Å². The molecule has 0 N–H and O–H groups in total. The van der Waals surface area contributed by atoms with Crippen LogP contribution in [0.2, 0.25) is 0 Å². The van der Waals surface area contributed by atoms with Crippen molar-refractivity contribution in [2.75, 3.05) is 25.1 Å². The topological polar surface area (TPSA) is 38.2 Å². The molecule has 1 heterocycles. The zero-order valence-electron chi connectivity index (χ0n) is 15.8. The lowest BCUT2D eigenvalue weighted by molar-refractivity contribution is 0.396. The summed E-state index contributed by atoms with van der Waals surface area (Å²) >= 11 is 0. The van der Waals surface area contributed by atoms with Crippen molar-refractivity contribution in [1.29, 1.82) is 0 Å². The van der Waals surface area contributed by atoms with Crippen LogP contribution in [0.1, 0.15) is 43.5 Å². The Kier molecular flexibility index (Phi) is 6.18. The van der Waals surface area contributed by atoms with E-state index in [4.69, 9.17) is 14.7 Å². The maximum Gasteiger partial charge on any atom is 0.241 e. The Morgan fingerprint density at radius 3 is 2.04 bits per heavy atom. The fraction of sp³-hybridized carbons (Fsp3) is 0.500. The molecular weight excluding hydrogens is 298 g/mol. The van der Waals surface area contributed by atoms with Crippen LogP contribution in [0.5, 0.6) is 5.88 Å². The molecule has 24 heavy (non-hydrogen) atoms. The fourth-order valence-electron chi connectivity index (χ4n) is 3.20. The lowest BCUT2D eigenvalue weighted by atomic mass is 10.0. The summed E-state index contributed by atoms with van der Waals surface area (Å²) in [7, 11) is 1.69. The number of ether oxygens (including phenoxy) is 1. The highest BCUT2D eigenvalue weighted by Gasteiger charge is 2.20. The first-order valence-corrected chi connectivity index (χ1v) is 8.77. The third kappa shape index (κ3) is 3.69. The Morgan fingerprint density at radius 2 is 1.54 bits per heavy atom. The molecular formula is C20H29N3O. The molecule has 0 spiro atoms. The fourth-order valence-corrected chi connectivity index (χ4v) is 3.20. The highest BCUT2D eigenvalue weighted by atomic mass is 16.5. The van der Waals surface area contributed by atoms with Crippen LogP contribution in [0, 0.1) is 20.8 Å². The molecule has 0 bridgehead atoms. The van der Waals surface area contributed by atoms with Gasteiger partial charge >= 0.3 is 0 Å². The van der Waals surface area contributed by atoms with Crippen molar-refractivity contribution in [2.24, 2.45) is 0 Å². The van der Waals surface area contributed by atoms with Crippen LogP contribution in [-0.4, -0.2) is 30.2 Å². The number of rotatable bonds is 7. The Hall–Kier alpha value is -2.10. The second-order valence-electron chi connectivity index (χ2n) is 6.24. The van der Waals surface area contributed by atoms with Gasteiger partial charge in [0.05, 0.1) is 12.8 Å². The predicted molar refractivity (Wildman–Crippen MR) is 101 cm³/mol. The summed E-state index contributed by atoms with van der Waals surface area (Å²) in [5, 5.41) is 0. The third-order valence-electron chi connectivity index (χ3n) is 4.23. The van der Waals surface area contributed by atoms with Crippen molar-refractivity contribution in [3.63, 3.8) is 0 Å². The lowest BCUT2D eigenvalue weighted by Gasteiger charge is -2.26. The van der Waals surface area contributed by atoms with E-state index in [-0.39, 0.29) is 0 Å². The maximum atomic E-state index is 5.65. The molecule has 2 aromatic rings. The van der Waals surface area contributed by atoms with E-state index in [0.29, 0.717) is 5.88 Å². The van der Waals surface area contributed by atoms with E-state index in [1.165, 1.54) is 11.1 Å². The van der Waals surface area contributed by atoms with Crippen LogP contribution in [0.3, 0.4) is 0 Å². The Morgan fingerprint density at radius 1 is 0.958 bits per heavy atom. The summed E-state index contributed by atoms with van der Waals surface area (Å²) in [6.07, 6.45) is 2.17. The zero-order chi connectivity index (χ0) is 17.7. The van der Waals surface area contributed by atoms with Crippen LogP contribution >= 0.6 is 0 Å². The van der Waals surface area contributed by atoms with Gasteiger partial charge in [-0.25, -0.2) is 4.98 Å². The van der Waals surface area contributed by atoms with Crippen molar-refractivity contribution in [1.82, 2.24) is 9.97 Å². The van der Waals surface area contributed by atoms with Gasteiger partial charge in [-0.05, 0) is 44.7 Å². The van der Waals surface area contributed by atoms with E-state index >= 15 is 0 Å². The van der Waals surface area contributed by atoms with Crippen LogP contribution < -0.4 is 9.64 Å². The molecule has 0 fully saturated rings. The number of methoxy groups -OCH3 is 1. The highest BCUT2D eigenvalue weighted by Crippen LogP contribution is 2.33. The standard InChI is InChI=1S/C20H29N3O/c1-7-12-23(13-8-2)18-16(5)21-19(22-20(18)24-6)17-14(3)10-9-11-15(17)4/h9-11H,7-8,12-13H2,1-6H3. The summed E-state index contributed by atoms with van der Waals surface area (Å²) in [6, 6.07) is 6.26. The second kappa shape index (κ2) is 8.13. The Bertz CT molecular complexity index is 671. The van der Waals surface area contributed by atoms with E-state index in [0.717, 1.165) is 48.7 Å². The van der Waals surface area contributed by atoms with E-state index < -0.39 is 0 Å². The average molecular weight is 327 g/mol. The number of aromatic nitrogens is 2. The third-order valence-corrected chi connectivity index (χ3v) is 4.23. The summed E-state index contributed by atoms with van der Waals surface area (Å²) in [4.78, 5) is 11.9. The molecule has 0 saturated carbocycles. The van der Waals surface area contributed by atoms with Crippen LogP contribution in [0.15, 0.2) is 18.2 Å². The lowest BCUT2D eigenvalue weighted by Crippen LogP contribution is -2.27. The first-order chi connectivity index (χ1) is 11.5. The van der Waals surface area contributed by atoms with E-state index in [1.807, 2.05) is 0 Å². The monoisotopic (exact) mass is 327 g/mol. The van der Waals surface area contributed by atoms with Crippen molar-refractivity contribution < 1.29 is 4.74 Å².